The first-order valence-corrected chi connectivity index (χ1v) is 5.69. The second-order valence-electron chi connectivity index (χ2n) is 3.97. The van der Waals surface area contributed by atoms with Gasteiger partial charge in [-0.1, -0.05) is 25.0 Å². The number of nitrogens with zero attached hydrogens (tertiary/aromatic N) is 1. The Morgan fingerprint density at radius 3 is 2.82 bits per heavy atom. The zero-order valence-corrected chi connectivity index (χ0v) is 10.4. The predicted octanol–water partition coefficient (Wildman–Crippen LogP) is 2.06. The highest BCUT2D eigenvalue weighted by atomic mass is 16.2. The number of amides is 1. The quantitative estimate of drug-likeness (QED) is 0.635. The minimum atomic E-state index is -0.0917. The molecule has 0 saturated carbocycles. The van der Waals surface area contributed by atoms with E-state index in [4.69, 9.17) is 12.2 Å². The lowest BCUT2D eigenvalue weighted by Gasteiger charge is -2.20. The molecule has 0 spiro atoms. The van der Waals surface area contributed by atoms with E-state index in [9.17, 15) is 4.79 Å². The first kappa shape index (κ1) is 13.1. The molecule has 2 N–H and O–H groups in total. The molecule has 90 valence electrons. The molecule has 0 aliphatic rings. The second kappa shape index (κ2) is 5.95. The zero-order chi connectivity index (χ0) is 12.8. The molecule has 0 unspecified atom stereocenters. The summed E-state index contributed by atoms with van der Waals surface area (Å²) < 4.78 is 0. The summed E-state index contributed by atoms with van der Waals surface area (Å²) in [6, 6.07) is 5.46. The normalized spacial score (nSPS) is 9.71. The summed E-state index contributed by atoms with van der Waals surface area (Å²) in [5.74, 6) is 2.41. The fourth-order valence-corrected chi connectivity index (χ4v) is 1.67. The summed E-state index contributed by atoms with van der Waals surface area (Å²) in [6.45, 7) is 4.87. The first-order valence-electron chi connectivity index (χ1n) is 5.69. The number of hydrogen-bond donors (Lipinski definition) is 1. The largest absolute Gasteiger partial charge is 0.398 e. The van der Waals surface area contributed by atoms with Gasteiger partial charge >= 0.3 is 0 Å². The number of carbonyl (C=O) groups excluding carboxylic acids is 1. The van der Waals surface area contributed by atoms with E-state index < -0.39 is 0 Å². The lowest BCUT2D eigenvalue weighted by atomic mass is 10.1. The van der Waals surface area contributed by atoms with Crippen molar-refractivity contribution in [2.75, 3.05) is 18.8 Å². The molecule has 0 aliphatic carbocycles. The molecule has 0 radical (unpaired) electrons. The molecule has 1 rings (SSSR count). The number of terminal acetylenes is 1. The molecule has 1 amide bonds. The maximum absolute atomic E-state index is 12.2. The summed E-state index contributed by atoms with van der Waals surface area (Å²) in [5, 5.41) is 0. The molecule has 0 atom stereocenters. The molecular weight excluding hydrogens is 212 g/mol. The van der Waals surface area contributed by atoms with Gasteiger partial charge in [-0.3, -0.25) is 4.79 Å². The summed E-state index contributed by atoms with van der Waals surface area (Å²) >= 11 is 0. The molecule has 1 aromatic rings. The smallest absolute Gasteiger partial charge is 0.256 e. The molecule has 0 bridgehead atoms. The Morgan fingerprint density at radius 1 is 1.53 bits per heavy atom. The molecule has 0 aliphatic heterocycles. The number of carbonyl (C=O) groups is 1. The van der Waals surface area contributed by atoms with Crippen molar-refractivity contribution < 1.29 is 4.79 Å². The molecule has 0 saturated heterocycles. The summed E-state index contributed by atoms with van der Waals surface area (Å²) in [7, 11) is 0. The van der Waals surface area contributed by atoms with Crippen LogP contribution in [0.5, 0.6) is 0 Å². The fourth-order valence-electron chi connectivity index (χ4n) is 1.67. The number of anilines is 1. The van der Waals surface area contributed by atoms with E-state index in [0.29, 0.717) is 24.3 Å². The van der Waals surface area contributed by atoms with E-state index in [2.05, 4.69) is 5.92 Å². The van der Waals surface area contributed by atoms with E-state index in [1.54, 1.807) is 11.0 Å². The third-order valence-electron chi connectivity index (χ3n) is 2.62. The van der Waals surface area contributed by atoms with Gasteiger partial charge in [0.1, 0.15) is 0 Å². The van der Waals surface area contributed by atoms with Crippen LogP contribution in [0.4, 0.5) is 5.69 Å². The molecule has 0 heterocycles. The summed E-state index contributed by atoms with van der Waals surface area (Å²) in [4.78, 5) is 13.9. The van der Waals surface area contributed by atoms with Gasteiger partial charge in [0.05, 0.1) is 12.1 Å². The highest BCUT2D eigenvalue weighted by Crippen LogP contribution is 2.18. The van der Waals surface area contributed by atoms with Crippen LogP contribution in [0, 0.1) is 19.3 Å². The van der Waals surface area contributed by atoms with Gasteiger partial charge in [0, 0.05) is 12.2 Å². The SMILES string of the molecule is C#CCN(CCC)C(=O)c1cccc(C)c1N. The van der Waals surface area contributed by atoms with Crippen molar-refractivity contribution in [3.05, 3.63) is 29.3 Å². The maximum atomic E-state index is 12.2. The number of hydrogen-bond acceptors (Lipinski definition) is 2. The lowest BCUT2D eigenvalue weighted by Crippen LogP contribution is -2.32. The highest BCUT2D eigenvalue weighted by Gasteiger charge is 2.17. The van der Waals surface area contributed by atoms with Crippen LogP contribution in [0.1, 0.15) is 29.3 Å². The van der Waals surface area contributed by atoms with E-state index in [0.717, 1.165) is 12.0 Å². The fraction of sp³-hybridized carbons (Fsp3) is 0.357. The molecule has 3 nitrogen and oxygen atoms in total. The Morgan fingerprint density at radius 2 is 2.24 bits per heavy atom. The third-order valence-corrected chi connectivity index (χ3v) is 2.62. The van der Waals surface area contributed by atoms with Crippen molar-refractivity contribution in [3.63, 3.8) is 0 Å². The molecule has 17 heavy (non-hydrogen) atoms. The van der Waals surface area contributed by atoms with Crippen molar-refractivity contribution in [1.29, 1.82) is 0 Å². The Labute approximate surface area is 103 Å². The van der Waals surface area contributed by atoms with Crippen molar-refractivity contribution in [2.45, 2.75) is 20.3 Å². The van der Waals surface area contributed by atoms with E-state index in [1.807, 2.05) is 26.0 Å². The maximum Gasteiger partial charge on any atom is 0.256 e. The topological polar surface area (TPSA) is 46.3 Å². The standard InChI is InChI=1S/C14H18N2O/c1-4-9-16(10-5-2)14(17)12-8-6-7-11(3)13(12)15/h1,6-8H,5,9-10,15H2,2-3H3. The average molecular weight is 230 g/mol. The van der Waals surface area contributed by atoms with Gasteiger partial charge in [0.15, 0.2) is 0 Å². The number of rotatable bonds is 4. The lowest BCUT2D eigenvalue weighted by molar-refractivity contribution is 0.0778. The van der Waals surface area contributed by atoms with Gasteiger partial charge < -0.3 is 10.6 Å². The van der Waals surface area contributed by atoms with E-state index in [1.165, 1.54) is 0 Å². The van der Waals surface area contributed by atoms with E-state index >= 15 is 0 Å². The van der Waals surface area contributed by atoms with E-state index in [-0.39, 0.29) is 5.91 Å². The Hall–Kier alpha value is -1.95. The van der Waals surface area contributed by atoms with Gasteiger partial charge in [0.2, 0.25) is 0 Å². The number of para-hydroxylation sites is 1. The second-order valence-corrected chi connectivity index (χ2v) is 3.97. The zero-order valence-electron chi connectivity index (χ0n) is 10.4. The number of nitrogens with two attached hydrogens (primary N) is 1. The van der Waals surface area contributed by atoms with Crippen LogP contribution in [-0.2, 0) is 0 Å². The van der Waals surface area contributed by atoms with Crippen molar-refractivity contribution in [3.8, 4) is 12.3 Å². The summed E-state index contributed by atoms with van der Waals surface area (Å²) in [6.07, 6.45) is 6.14. The predicted molar refractivity (Wildman–Crippen MR) is 70.6 cm³/mol. The molecule has 0 aromatic heterocycles. The molecular formula is C14H18N2O. The number of nitrogen functional groups attached to an aromatic ring is 1. The van der Waals surface area contributed by atoms with Crippen molar-refractivity contribution >= 4 is 11.6 Å². The van der Waals surface area contributed by atoms with Crippen LogP contribution in [0.2, 0.25) is 0 Å². The minimum Gasteiger partial charge on any atom is -0.398 e. The minimum absolute atomic E-state index is 0.0917. The van der Waals surface area contributed by atoms with Gasteiger partial charge in [-0.05, 0) is 25.0 Å². The van der Waals surface area contributed by atoms with Crippen molar-refractivity contribution in [2.24, 2.45) is 0 Å². The Balaban J connectivity index is 3.01. The Kier molecular flexibility index (Phi) is 4.59. The Bertz CT molecular complexity index is 446. The first-order chi connectivity index (χ1) is 8.11. The van der Waals surface area contributed by atoms with Crippen LogP contribution in [0.15, 0.2) is 18.2 Å². The number of aryl methyl sites for hydroxylation is 1. The van der Waals surface area contributed by atoms with Crippen LogP contribution in [-0.4, -0.2) is 23.9 Å². The van der Waals surface area contributed by atoms with Crippen molar-refractivity contribution in [1.82, 2.24) is 4.90 Å². The van der Waals surface area contributed by atoms with Crippen LogP contribution in [0.25, 0.3) is 0 Å². The van der Waals surface area contributed by atoms with Gasteiger partial charge in [0.25, 0.3) is 5.91 Å². The highest BCUT2D eigenvalue weighted by molar-refractivity contribution is 5.99. The van der Waals surface area contributed by atoms with Gasteiger partial charge in [-0.15, -0.1) is 6.42 Å². The molecule has 1 aromatic carbocycles. The molecule has 0 fully saturated rings. The van der Waals surface area contributed by atoms with Gasteiger partial charge in [-0.2, -0.15) is 0 Å². The third kappa shape index (κ3) is 3.01. The van der Waals surface area contributed by atoms with Crippen LogP contribution in [0.3, 0.4) is 0 Å². The molecule has 3 heteroatoms. The van der Waals surface area contributed by atoms with Gasteiger partial charge in [-0.25, -0.2) is 0 Å². The van der Waals surface area contributed by atoms with Crippen LogP contribution < -0.4 is 5.73 Å². The average Bonchev–Trinajstić information content (AvgIpc) is 2.31. The summed E-state index contributed by atoms with van der Waals surface area (Å²) in [5.41, 5.74) is 7.90. The number of benzene rings is 1. The van der Waals surface area contributed by atoms with Crippen LogP contribution >= 0.6 is 0 Å². The monoisotopic (exact) mass is 230 g/mol.